The predicted octanol–water partition coefficient (Wildman–Crippen LogP) is 5.80. The molecule has 0 spiro atoms. The van der Waals surface area contributed by atoms with E-state index in [1.165, 1.54) is 29.5 Å². The van der Waals surface area contributed by atoms with Gasteiger partial charge in [0.15, 0.2) is 0 Å². The molecule has 4 rings (SSSR count). The maximum atomic E-state index is 2.43. The van der Waals surface area contributed by atoms with Crippen LogP contribution in [0.4, 0.5) is 0 Å². The topological polar surface area (TPSA) is 0 Å². The smallest absolute Gasteiger partial charge is 0.0237 e. The number of hydrogen-bond acceptors (Lipinski definition) is 0. The summed E-state index contributed by atoms with van der Waals surface area (Å²) in [4.78, 5) is 0. The van der Waals surface area contributed by atoms with Crippen LogP contribution in [-0.4, -0.2) is 0 Å². The molecule has 1 aliphatic rings. The molecule has 2 atom stereocenters. The fraction of sp³-hybridized carbons (Fsp3) is 0.250. The Labute approximate surface area is 145 Å². The van der Waals surface area contributed by atoms with Crippen molar-refractivity contribution in [1.82, 2.24) is 0 Å². The molecule has 1 aliphatic carbocycles. The molecule has 0 heteroatoms. The third-order valence-corrected chi connectivity index (χ3v) is 5.81. The average Bonchev–Trinajstić information content (AvgIpc) is 2.94. The second kappa shape index (κ2) is 6.28. The first-order chi connectivity index (χ1) is 11.8. The van der Waals surface area contributed by atoms with Crippen molar-refractivity contribution in [1.29, 1.82) is 0 Å². The Kier molecular flexibility index (Phi) is 3.98. The Morgan fingerprint density at radius 2 is 1.42 bits per heavy atom. The Morgan fingerprint density at radius 1 is 0.792 bits per heavy atom. The Balaban J connectivity index is 1.79. The average molecular weight is 312 g/mol. The van der Waals surface area contributed by atoms with Gasteiger partial charge in [0.1, 0.15) is 0 Å². The summed E-state index contributed by atoms with van der Waals surface area (Å²) in [5, 5.41) is 0. The number of rotatable bonds is 4. The molecule has 120 valence electrons. The summed E-state index contributed by atoms with van der Waals surface area (Å²) >= 11 is 0. The number of hydrogen-bond donors (Lipinski definition) is 0. The normalized spacial score (nSPS) is 22.3. The van der Waals surface area contributed by atoms with Crippen LogP contribution in [0.2, 0.25) is 0 Å². The Bertz CT molecular complexity index is 804. The zero-order valence-electron chi connectivity index (χ0n) is 14.3. The van der Waals surface area contributed by atoms with Crippen molar-refractivity contribution in [3.05, 3.63) is 107 Å². The molecular formula is C24H24. The van der Waals surface area contributed by atoms with E-state index in [4.69, 9.17) is 0 Å². The first kappa shape index (κ1) is 15.2. The lowest BCUT2D eigenvalue weighted by Crippen LogP contribution is -2.32. The minimum Gasteiger partial charge on any atom is -0.0622 e. The second-order valence-electron chi connectivity index (χ2n) is 7.09. The fourth-order valence-corrected chi connectivity index (χ4v) is 4.59. The van der Waals surface area contributed by atoms with Gasteiger partial charge in [0.25, 0.3) is 0 Å². The summed E-state index contributed by atoms with van der Waals surface area (Å²) in [6.45, 7) is 2.43. The molecule has 0 heterocycles. The molecule has 3 aromatic carbocycles. The van der Waals surface area contributed by atoms with Gasteiger partial charge in [0.2, 0.25) is 0 Å². The van der Waals surface area contributed by atoms with E-state index in [1.54, 1.807) is 5.56 Å². The molecule has 0 amide bonds. The summed E-state index contributed by atoms with van der Waals surface area (Å²) < 4.78 is 0. The van der Waals surface area contributed by atoms with Crippen molar-refractivity contribution < 1.29 is 0 Å². The minimum absolute atomic E-state index is 0.133. The van der Waals surface area contributed by atoms with Gasteiger partial charge in [-0.2, -0.15) is 0 Å². The fourth-order valence-electron chi connectivity index (χ4n) is 4.59. The maximum absolute atomic E-state index is 2.43. The van der Waals surface area contributed by atoms with Gasteiger partial charge in [-0.1, -0.05) is 91.9 Å². The maximum Gasteiger partial charge on any atom is 0.0237 e. The molecule has 0 saturated carbocycles. The van der Waals surface area contributed by atoms with Gasteiger partial charge in [0.05, 0.1) is 0 Å². The summed E-state index contributed by atoms with van der Waals surface area (Å²) in [5.41, 5.74) is 6.11. The molecule has 3 aromatic rings. The van der Waals surface area contributed by atoms with E-state index >= 15 is 0 Å². The van der Waals surface area contributed by atoms with Crippen molar-refractivity contribution >= 4 is 0 Å². The zero-order chi connectivity index (χ0) is 16.4. The van der Waals surface area contributed by atoms with Crippen LogP contribution in [0.25, 0.3) is 0 Å². The number of benzene rings is 3. The van der Waals surface area contributed by atoms with Crippen molar-refractivity contribution in [2.45, 2.75) is 31.6 Å². The number of fused-ring (bicyclic) bond motifs is 1. The lowest BCUT2D eigenvalue weighted by Gasteiger charge is -2.36. The first-order valence-corrected chi connectivity index (χ1v) is 8.98. The van der Waals surface area contributed by atoms with E-state index < -0.39 is 0 Å². The van der Waals surface area contributed by atoms with Crippen LogP contribution >= 0.6 is 0 Å². The van der Waals surface area contributed by atoms with Crippen molar-refractivity contribution in [2.75, 3.05) is 0 Å². The lowest BCUT2D eigenvalue weighted by atomic mass is 9.67. The Morgan fingerprint density at radius 3 is 2.17 bits per heavy atom. The van der Waals surface area contributed by atoms with Crippen LogP contribution in [0, 0.1) is 5.92 Å². The molecule has 0 saturated heterocycles. The molecule has 2 unspecified atom stereocenters. The first-order valence-electron chi connectivity index (χ1n) is 8.98. The molecule has 0 nitrogen and oxygen atoms in total. The van der Waals surface area contributed by atoms with Gasteiger partial charge in [-0.3, -0.25) is 0 Å². The van der Waals surface area contributed by atoms with Crippen LogP contribution < -0.4 is 0 Å². The Hall–Kier alpha value is -2.34. The molecule has 0 aliphatic heterocycles. The summed E-state index contributed by atoms with van der Waals surface area (Å²) in [6.07, 6.45) is 3.47. The predicted molar refractivity (Wildman–Crippen MR) is 101 cm³/mol. The van der Waals surface area contributed by atoms with E-state index in [9.17, 15) is 0 Å². The minimum atomic E-state index is 0.133. The highest BCUT2D eigenvalue weighted by Crippen LogP contribution is 2.50. The lowest BCUT2D eigenvalue weighted by molar-refractivity contribution is 0.352. The van der Waals surface area contributed by atoms with Gasteiger partial charge in [-0.05, 0) is 47.4 Å². The van der Waals surface area contributed by atoms with Crippen molar-refractivity contribution in [3.63, 3.8) is 0 Å². The molecule has 0 fully saturated rings. The van der Waals surface area contributed by atoms with E-state index in [0.29, 0.717) is 5.92 Å². The van der Waals surface area contributed by atoms with Gasteiger partial charge < -0.3 is 0 Å². The van der Waals surface area contributed by atoms with E-state index in [2.05, 4.69) is 91.9 Å². The molecule has 0 bridgehead atoms. The highest BCUT2D eigenvalue weighted by atomic mass is 14.5. The second-order valence-corrected chi connectivity index (χ2v) is 7.09. The molecule has 0 aromatic heterocycles. The van der Waals surface area contributed by atoms with E-state index in [0.717, 1.165) is 6.42 Å². The molecule has 0 N–H and O–H groups in total. The quantitative estimate of drug-likeness (QED) is 0.571. The van der Waals surface area contributed by atoms with Crippen LogP contribution in [0.5, 0.6) is 0 Å². The van der Waals surface area contributed by atoms with E-state index in [1.807, 2.05) is 0 Å². The largest absolute Gasteiger partial charge is 0.0622 e. The third-order valence-electron chi connectivity index (χ3n) is 5.81. The van der Waals surface area contributed by atoms with Gasteiger partial charge in [-0.25, -0.2) is 0 Å². The standard InChI is InChI=1S/C24H24/c1-19-18-21-12-8-9-15-23(21)24(19,22-13-6-3-7-14-22)17-16-20-10-4-2-5-11-20/h2-15,19H,16-18H2,1H3. The van der Waals surface area contributed by atoms with E-state index in [-0.39, 0.29) is 5.41 Å². The molecule has 24 heavy (non-hydrogen) atoms. The zero-order valence-corrected chi connectivity index (χ0v) is 14.3. The third kappa shape index (κ3) is 2.47. The van der Waals surface area contributed by atoms with Crippen LogP contribution in [0.1, 0.15) is 35.6 Å². The molecular weight excluding hydrogens is 288 g/mol. The monoisotopic (exact) mass is 312 g/mol. The van der Waals surface area contributed by atoms with Crippen LogP contribution in [-0.2, 0) is 18.3 Å². The summed E-state index contributed by atoms with van der Waals surface area (Å²) in [7, 11) is 0. The van der Waals surface area contributed by atoms with Gasteiger partial charge in [-0.15, -0.1) is 0 Å². The van der Waals surface area contributed by atoms with Crippen LogP contribution in [0.3, 0.4) is 0 Å². The SMILES string of the molecule is CC1Cc2ccccc2C1(CCc1ccccc1)c1ccccc1. The van der Waals surface area contributed by atoms with Gasteiger partial charge >= 0.3 is 0 Å². The van der Waals surface area contributed by atoms with Crippen molar-refractivity contribution in [2.24, 2.45) is 5.92 Å². The molecule has 0 radical (unpaired) electrons. The highest BCUT2D eigenvalue weighted by Gasteiger charge is 2.44. The van der Waals surface area contributed by atoms with Crippen LogP contribution in [0.15, 0.2) is 84.9 Å². The number of aryl methyl sites for hydroxylation is 1. The van der Waals surface area contributed by atoms with Crippen molar-refractivity contribution in [3.8, 4) is 0 Å². The highest BCUT2D eigenvalue weighted by molar-refractivity contribution is 5.49. The van der Waals surface area contributed by atoms with Gasteiger partial charge in [0, 0.05) is 5.41 Å². The summed E-state index contributed by atoms with van der Waals surface area (Å²) in [6, 6.07) is 31.1. The summed E-state index contributed by atoms with van der Waals surface area (Å²) in [5.74, 6) is 0.626.